The maximum absolute atomic E-state index is 13.8. The number of nitrogens with two attached hydrogens (primary N) is 1. The van der Waals surface area contributed by atoms with Crippen molar-refractivity contribution in [3.8, 4) is 11.8 Å². The molecular formula is C14H12F2N2O. The first kappa shape index (κ1) is 13.1. The van der Waals surface area contributed by atoms with Gasteiger partial charge in [-0.25, -0.2) is 8.78 Å². The molecule has 2 rings (SSSR count). The Balaban J connectivity index is 2.94. The standard InChI is InChI=1S/C14H12F2N2O/c1-2-8-3-10(18)4-9-5-12(16)11(6-17)14(13(8)9)19-7-15/h3-5H,2,7,18H2,1H3. The number of nitrogen functional groups attached to an aromatic ring is 1. The number of fused-ring (bicyclic) bond motifs is 1. The number of anilines is 1. The number of hydrogen-bond acceptors (Lipinski definition) is 3. The van der Waals surface area contributed by atoms with Gasteiger partial charge in [-0.05, 0) is 35.6 Å². The van der Waals surface area contributed by atoms with E-state index in [0.29, 0.717) is 22.9 Å². The van der Waals surface area contributed by atoms with Crippen LogP contribution in [0.4, 0.5) is 14.5 Å². The highest BCUT2D eigenvalue weighted by Gasteiger charge is 2.17. The van der Waals surface area contributed by atoms with E-state index in [9.17, 15) is 8.78 Å². The quantitative estimate of drug-likeness (QED) is 0.863. The van der Waals surface area contributed by atoms with Gasteiger partial charge in [-0.2, -0.15) is 5.26 Å². The van der Waals surface area contributed by atoms with Crippen LogP contribution < -0.4 is 10.5 Å². The summed E-state index contributed by atoms with van der Waals surface area (Å²) in [5.41, 5.74) is 6.73. The van der Waals surface area contributed by atoms with Crippen LogP contribution in [0.5, 0.6) is 5.75 Å². The smallest absolute Gasteiger partial charge is 0.228 e. The fourth-order valence-electron chi connectivity index (χ4n) is 2.17. The number of benzene rings is 2. The minimum absolute atomic E-state index is 0.0585. The van der Waals surface area contributed by atoms with Crippen molar-refractivity contribution in [1.29, 1.82) is 5.26 Å². The first-order chi connectivity index (χ1) is 9.12. The molecule has 0 atom stereocenters. The third-order valence-electron chi connectivity index (χ3n) is 2.94. The van der Waals surface area contributed by atoms with Gasteiger partial charge in [0.2, 0.25) is 6.86 Å². The van der Waals surface area contributed by atoms with Crippen LogP contribution in [0, 0.1) is 17.1 Å². The summed E-state index contributed by atoms with van der Waals surface area (Å²) in [5, 5.41) is 10.0. The second-order valence-corrected chi connectivity index (χ2v) is 4.06. The van der Waals surface area contributed by atoms with Crippen molar-refractivity contribution in [2.45, 2.75) is 13.3 Å². The van der Waals surface area contributed by atoms with E-state index in [4.69, 9.17) is 15.7 Å². The molecule has 0 aliphatic rings. The maximum Gasteiger partial charge on any atom is 0.228 e. The lowest BCUT2D eigenvalue weighted by Gasteiger charge is -2.13. The van der Waals surface area contributed by atoms with Crippen LogP contribution in [-0.4, -0.2) is 6.86 Å². The number of nitrogens with zero attached hydrogens (tertiary/aromatic N) is 1. The highest BCUT2D eigenvalue weighted by Crippen LogP contribution is 2.36. The molecule has 2 N–H and O–H groups in total. The van der Waals surface area contributed by atoms with Gasteiger partial charge in [-0.15, -0.1) is 0 Å². The number of ether oxygens (including phenoxy) is 1. The normalized spacial score (nSPS) is 10.4. The van der Waals surface area contributed by atoms with E-state index in [1.54, 1.807) is 18.2 Å². The molecule has 0 heterocycles. The number of aryl methyl sites for hydroxylation is 1. The maximum atomic E-state index is 13.8. The van der Waals surface area contributed by atoms with E-state index in [-0.39, 0.29) is 11.3 Å². The fourth-order valence-corrected chi connectivity index (χ4v) is 2.17. The molecule has 98 valence electrons. The van der Waals surface area contributed by atoms with Gasteiger partial charge >= 0.3 is 0 Å². The zero-order valence-corrected chi connectivity index (χ0v) is 10.3. The largest absolute Gasteiger partial charge is 0.461 e. The molecule has 0 fully saturated rings. The summed E-state index contributed by atoms with van der Waals surface area (Å²) in [5.74, 6) is -0.803. The Morgan fingerprint density at radius 1 is 1.37 bits per heavy atom. The number of nitriles is 1. The van der Waals surface area contributed by atoms with Gasteiger partial charge < -0.3 is 10.5 Å². The van der Waals surface area contributed by atoms with Crippen LogP contribution in [0.1, 0.15) is 18.1 Å². The van der Waals surface area contributed by atoms with Crippen molar-refractivity contribution >= 4 is 16.5 Å². The molecule has 0 saturated carbocycles. The molecule has 0 radical (unpaired) electrons. The van der Waals surface area contributed by atoms with Gasteiger partial charge in [-0.3, -0.25) is 0 Å². The van der Waals surface area contributed by atoms with E-state index in [2.05, 4.69) is 0 Å². The molecule has 0 bridgehead atoms. The molecule has 0 aliphatic heterocycles. The van der Waals surface area contributed by atoms with E-state index in [1.165, 1.54) is 6.07 Å². The molecule has 0 amide bonds. The Hall–Kier alpha value is -2.35. The first-order valence-corrected chi connectivity index (χ1v) is 5.75. The number of alkyl halides is 1. The summed E-state index contributed by atoms with van der Waals surface area (Å²) in [6.45, 7) is 0.767. The average Bonchev–Trinajstić information content (AvgIpc) is 2.37. The van der Waals surface area contributed by atoms with Crippen molar-refractivity contribution in [2.75, 3.05) is 12.6 Å². The monoisotopic (exact) mass is 262 g/mol. The predicted molar refractivity (Wildman–Crippen MR) is 69.0 cm³/mol. The lowest BCUT2D eigenvalue weighted by Crippen LogP contribution is -2.00. The summed E-state index contributed by atoms with van der Waals surface area (Å²) in [4.78, 5) is 0. The van der Waals surface area contributed by atoms with Crippen molar-refractivity contribution < 1.29 is 13.5 Å². The van der Waals surface area contributed by atoms with Crippen molar-refractivity contribution in [3.63, 3.8) is 0 Å². The van der Waals surface area contributed by atoms with E-state index in [0.717, 1.165) is 5.56 Å². The third kappa shape index (κ3) is 2.17. The van der Waals surface area contributed by atoms with Crippen LogP contribution in [0.3, 0.4) is 0 Å². The molecule has 0 aromatic heterocycles. The highest BCUT2D eigenvalue weighted by atomic mass is 19.1. The molecule has 19 heavy (non-hydrogen) atoms. The van der Waals surface area contributed by atoms with E-state index < -0.39 is 12.7 Å². The minimum Gasteiger partial charge on any atom is -0.461 e. The summed E-state index contributed by atoms with van der Waals surface area (Å²) < 4.78 is 31.1. The predicted octanol–water partition coefficient (Wildman–Crippen LogP) is 3.30. The summed E-state index contributed by atoms with van der Waals surface area (Å²) in [6, 6.07) is 6.21. The molecular weight excluding hydrogens is 250 g/mol. The van der Waals surface area contributed by atoms with Crippen LogP contribution in [0.15, 0.2) is 18.2 Å². The van der Waals surface area contributed by atoms with Crippen molar-refractivity contribution in [3.05, 3.63) is 35.1 Å². The number of hydrogen-bond donors (Lipinski definition) is 1. The molecule has 5 heteroatoms. The zero-order valence-electron chi connectivity index (χ0n) is 10.3. The van der Waals surface area contributed by atoms with Crippen LogP contribution >= 0.6 is 0 Å². The zero-order chi connectivity index (χ0) is 14.0. The summed E-state index contributed by atoms with van der Waals surface area (Å²) in [6.07, 6.45) is 0.612. The topological polar surface area (TPSA) is 59.0 Å². The summed E-state index contributed by atoms with van der Waals surface area (Å²) >= 11 is 0. The Labute approximate surface area is 109 Å². The highest BCUT2D eigenvalue weighted by molar-refractivity contribution is 5.95. The van der Waals surface area contributed by atoms with Gasteiger partial charge in [0.25, 0.3) is 0 Å². The molecule has 0 unspecified atom stereocenters. The van der Waals surface area contributed by atoms with Gasteiger partial charge in [0, 0.05) is 11.1 Å². The third-order valence-corrected chi connectivity index (χ3v) is 2.94. The number of rotatable bonds is 3. The Morgan fingerprint density at radius 3 is 2.68 bits per heavy atom. The van der Waals surface area contributed by atoms with Crippen molar-refractivity contribution in [2.24, 2.45) is 0 Å². The second kappa shape index (κ2) is 5.11. The van der Waals surface area contributed by atoms with Crippen LogP contribution in [0.2, 0.25) is 0 Å². The van der Waals surface area contributed by atoms with Gasteiger partial charge in [0.05, 0.1) is 0 Å². The van der Waals surface area contributed by atoms with Crippen LogP contribution in [-0.2, 0) is 6.42 Å². The van der Waals surface area contributed by atoms with Crippen LogP contribution in [0.25, 0.3) is 10.8 Å². The molecule has 0 aliphatic carbocycles. The molecule has 0 saturated heterocycles. The molecule has 2 aromatic rings. The Bertz CT molecular complexity index is 677. The molecule has 0 spiro atoms. The lowest BCUT2D eigenvalue weighted by molar-refractivity contribution is 0.193. The Morgan fingerprint density at radius 2 is 2.11 bits per heavy atom. The minimum atomic E-state index is -1.12. The van der Waals surface area contributed by atoms with E-state index in [1.807, 2.05) is 6.92 Å². The van der Waals surface area contributed by atoms with E-state index >= 15 is 0 Å². The Kier molecular flexibility index (Phi) is 3.52. The van der Waals surface area contributed by atoms with Gasteiger partial charge in [0.15, 0.2) is 5.75 Å². The fraction of sp³-hybridized carbons (Fsp3) is 0.214. The number of halogens is 2. The second-order valence-electron chi connectivity index (χ2n) is 4.06. The molecule has 3 nitrogen and oxygen atoms in total. The average molecular weight is 262 g/mol. The molecule has 2 aromatic carbocycles. The lowest BCUT2D eigenvalue weighted by atomic mass is 9.98. The van der Waals surface area contributed by atoms with Crippen molar-refractivity contribution in [1.82, 2.24) is 0 Å². The summed E-state index contributed by atoms with van der Waals surface area (Å²) in [7, 11) is 0. The van der Waals surface area contributed by atoms with Gasteiger partial charge in [-0.1, -0.05) is 6.92 Å². The SMILES string of the molecule is CCc1cc(N)cc2cc(F)c(C#N)c(OCF)c12. The van der Waals surface area contributed by atoms with Gasteiger partial charge in [0.1, 0.15) is 17.4 Å². The first-order valence-electron chi connectivity index (χ1n) is 5.75.